The summed E-state index contributed by atoms with van der Waals surface area (Å²) < 4.78 is 4.72. The van der Waals surface area contributed by atoms with Gasteiger partial charge in [0.25, 0.3) is 0 Å². The summed E-state index contributed by atoms with van der Waals surface area (Å²) in [5, 5.41) is 0. The van der Waals surface area contributed by atoms with E-state index >= 15 is 0 Å². The van der Waals surface area contributed by atoms with Gasteiger partial charge in [-0.25, -0.2) is 4.79 Å². The first-order chi connectivity index (χ1) is 9.62. The first kappa shape index (κ1) is 15.0. The fourth-order valence-electron chi connectivity index (χ4n) is 3.11. The second-order valence-corrected chi connectivity index (χ2v) is 5.86. The van der Waals surface area contributed by atoms with Crippen LogP contribution < -0.4 is 0 Å². The first-order valence-corrected chi connectivity index (χ1v) is 7.52. The maximum atomic E-state index is 11.4. The Kier molecular flexibility index (Phi) is 4.81. The molecule has 0 aliphatic carbocycles. The van der Waals surface area contributed by atoms with Gasteiger partial charge in [0.15, 0.2) is 0 Å². The number of benzene rings is 1. The van der Waals surface area contributed by atoms with Gasteiger partial charge >= 0.3 is 5.97 Å². The average molecular weight is 275 g/mol. The van der Waals surface area contributed by atoms with E-state index in [4.69, 9.17) is 4.74 Å². The molecule has 1 aromatic carbocycles. The Morgan fingerprint density at radius 2 is 1.90 bits per heavy atom. The van der Waals surface area contributed by atoms with Crippen LogP contribution in [0.4, 0.5) is 0 Å². The van der Waals surface area contributed by atoms with Crippen LogP contribution >= 0.6 is 0 Å². The summed E-state index contributed by atoms with van der Waals surface area (Å²) in [5.41, 5.74) is 2.40. The Hall–Kier alpha value is -1.35. The van der Waals surface area contributed by atoms with Crippen LogP contribution in [0.2, 0.25) is 0 Å². The molecule has 1 aliphatic rings. The fraction of sp³-hybridized carbons (Fsp3) is 0.588. The number of esters is 1. The molecule has 0 N–H and O–H groups in total. The number of nitrogens with zero attached hydrogens (tertiary/aromatic N) is 1. The Bertz CT molecular complexity index is 449. The molecule has 1 fully saturated rings. The number of carbonyl (C=O) groups excluding carboxylic acids is 1. The summed E-state index contributed by atoms with van der Waals surface area (Å²) in [6.45, 7) is 7.96. The van der Waals surface area contributed by atoms with Crippen molar-refractivity contribution in [1.82, 2.24) is 4.90 Å². The fourth-order valence-corrected chi connectivity index (χ4v) is 3.11. The summed E-state index contributed by atoms with van der Waals surface area (Å²) in [7, 11) is 1.41. The number of likely N-dealkylation sites (tertiary alicyclic amines) is 1. The Morgan fingerprint density at radius 3 is 2.40 bits per heavy atom. The molecule has 1 aromatic rings. The molecule has 20 heavy (non-hydrogen) atoms. The normalized spacial score (nSPS) is 18.1. The minimum absolute atomic E-state index is 0.270. The maximum Gasteiger partial charge on any atom is 0.337 e. The number of hydrogen-bond donors (Lipinski definition) is 0. The quantitative estimate of drug-likeness (QED) is 0.770. The maximum absolute atomic E-state index is 11.4. The average Bonchev–Trinajstić information content (AvgIpc) is 2.91. The Labute approximate surface area is 121 Å². The lowest BCUT2D eigenvalue weighted by Gasteiger charge is -2.26. The highest BCUT2D eigenvalue weighted by Gasteiger charge is 2.34. The van der Waals surface area contributed by atoms with E-state index in [-0.39, 0.29) is 5.97 Å². The summed E-state index contributed by atoms with van der Waals surface area (Å²) in [6, 6.07) is 7.77. The van der Waals surface area contributed by atoms with E-state index in [1.165, 1.54) is 45.0 Å². The summed E-state index contributed by atoms with van der Waals surface area (Å²) in [6.07, 6.45) is 3.84. The van der Waals surface area contributed by atoms with E-state index in [9.17, 15) is 4.79 Å². The lowest BCUT2D eigenvalue weighted by Crippen LogP contribution is -2.26. The minimum atomic E-state index is -0.270. The lowest BCUT2D eigenvalue weighted by molar-refractivity contribution is 0.0600. The minimum Gasteiger partial charge on any atom is -0.465 e. The number of ether oxygens (including phenoxy) is 1. The van der Waals surface area contributed by atoms with Crippen LogP contribution in [0.25, 0.3) is 0 Å². The van der Waals surface area contributed by atoms with E-state index in [1.807, 2.05) is 24.3 Å². The largest absolute Gasteiger partial charge is 0.465 e. The van der Waals surface area contributed by atoms with Crippen molar-refractivity contribution >= 4 is 5.97 Å². The van der Waals surface area contributed by atoms with E-state index in [0.717, 1.165) is 6.54 Å². The summed E-state index contributed by atoms with van der Waals surface area (Å²) in [4.78, 5) is 13.9. The standard InChI is InChI=1S/C17H25NO2/c1-4-17(5-2)10-11-18(13-17)12-14-6-8-15(9-7-14)16(19)20-3/h6-9H,4-5,10-13H2,1-3H3. The van der Waals surface area contributed by atoms with Gasteiger partial charge < -0.3 is 4.74 Å². The highest BCUT2D eigenvalue weighted by atomic mass is 16.5. The highest BCUT2D eigenvalue weighted by molar-refractivity contribution is 5.89. The molecular weight excluding hydrogens is 250 g/mol. The summed E-state index contributed by atoms with van der Waals surface area (Å²) >= 11 is 0. The first-order valence-electron chi connectivity index (χ1n) is 7.52. The molecule has 0 atom stereocenters. The molecule has 1 aliphatic heterocycles. The van der Waals surface area contributed by atoms with E-state index in [2.05, 4.69) is 18.7 Å². The molecule has 110 valence electrons. The molecule has 3 nitrogen and oxygen atoms in total. The molecule has 0 saturated carbocycles. The second-order valence-electron chi connectivity index (χ2n) is 5.86. The van der Waals surface area contributed by atoms with Crippen molar-refractivity contribution in [2.24, 2.45) is 5.41 Å². The molecule has 0 spiro atoms. The molecule has 0 aromatic heterocycles. The van der Waals surface area contributed by atoms with Gasteiger partial charge in [-0.15, -0.1) is 0 Å². The van der Waals surface area contributed by atoms with Crippen LogP contribution in [0.5, 0.6) is 0 Å². The molecule has 0 radical (unpaired) electrons. The molecule has 0 unspecified atom stereocenters. The van der Waals surface area contributed by atoms with Crippen LogP contribution in [0.15, 0.2) is 24.3 Å². The molecule has 0 amide bonds. The van der Waals surface area contributed by atoms with Crippen LogP contribution in [0.3, 0.4) is 0 Å². The molecule has 2 rings (SSSR count). The van der Waals surface area contributed by atoms with Gasteiger partial charge in [0.2, 0.25) is 0 Å². The number of hydrogen-bond acceptors (Lipinski definition) is 3. The van der Waals surface area contributed by atoms with E-state index < -0.39 is 0 Å². The molecule has 1 heterocycles. The van der Waals surface area contributed by atoms with Gasteiger partial charge in [-0.2, -0.15) is 0 Å². The van der Waals surface area contributed by atoms with Crippen LogP contribution in [-0.2, 0) is 11.3 Å². The van der Waals surface area contributed by atoms with E-state index in [0.29, 0.717) is 11.0 Å². The molecule has 3 heteroatoms. The monoisotopic (exact) mass is 275 g/mol. The van der Waals surface area contributed by atoms with Gasteiger partial charge in [-0.1, -0.05) is 26.0 Å². The van der Waals surface area contributed by atoms with Gasteiger partial charge in [0.1, 0.15) is 0 Å². The van der Waals surface area contributed by atoms with Crippen molar-refractivity contribution in [2.45, 2.75) is 39.7 Å². The Morgan fingerprint density at radius 1 is 1.25 bits per heavy atom. The summed E-state index contributed by atoms with van der Waals surface area (Å²) in [5.74, 6) is -0.270. The van der Waals surface area contributed by atoms with Crippen molar-refractivity contribution < 1.29 is 9.53 Å². The number of carbonyl (C=O) groups is 1. The molecular formula is C17H25NO2. The SMILES string of the molecule is CCC1(CC)CCN(Cc2ccc(C(=O)OC)cc2)C1. The number of rotatable bonds is 5. The van der Waals surface area contributed by atoms with Crippen molar-refractivity contribution in [2.75, 3.05) is 20.2 Å². The van der Waals surface area contributed by atoms with Gasteiger partial charge in [-0.3, -0.25) is 4.90 Å². The Balaban J connectivity index is 1.96. The molecule has 1 saturated heterocycles. The van der Waals surface area contributed by atoms with Crippen LogP contribution in [0, 0.1) is 5.41 Å². The van der Waals surface area contributed by atoms with Crippen LogP contribution in [-0.4, -0.2) is 31.1 Å². The third-order valence-corrected chi connectivity index (χ3v) is 4.80. The topological polar surface area (TPSA) is 29.5 Å². The third kappa shape index (κ3) is 3.21. The van der Waals surface area contributed by atoms with Gasteiger partial charge in [-0.05, 0) is 48.9 Å². The molecule has 0 bridgehead atoms. The van der Waals surface area contributed by atoms with Crippen LogP contribution in [0.1, 0.15) is 49.0 Å². The zero-order chi connectivity index (χ0) is 14.6. The third-order valence-electron chi connectivity index (χ3n) is 4.80. The predicted octanol–water partition coefficient (Wildman–Crippen LogP) is 3.49. The van der Waals surface area contributed by atoms with Crippen molar-refractivity contribution in [3.05, 3.63) is 35.4 Å². The zero-order valence-electron chi connectivity index (χ0n) is 12.8. The van der Waals surface area contributed by atoms with Crippen molar-refractivity contribution in [1.29, 1.82) is 0 Å². The van der Waals surface area contributed by atoms with Crippen molar-refractivity contribution in [3.63, 3.8) is 0 Å². The van der Waals surface area contributed by atoms with Gasteiger partial charge in [0.05, 0.1) is 12.7 Å². The van der Waals surface area contributed by atoms with Crippen molar-refractivity contribution in [3.8, 4) is 0 Å². The smallest absolute Gasteiger partial charge is 0.337 e. The lowest BCUT2D eigenvalue weighted by atomic mass is 9.82. The van der Waals surface area contributed by atoms with E-state index in [1.54, 1.807) is 0 Å². The number of methoxy groups -OCH3 is 1. The van der Waals surface area contributed by atoms with Gasteiger partial charge in [0, 0.05) is 13.1 Å². The highest BCUT2D eigenvalue weighted by Crippen LogP contribution is 2.37. The predicted molar refractivity (Wildman–Crippen MR) is 80.7 cm³/mol. The zero-order valence-corrected chi connectivity index (χ0v) is 12.8. The second kappa shape index (κ2) is 6.40.